The Bertz CT molecular complexity index is 271. The summed E-state index contributed by atoms with van der Waals surface area (Å²) in [5.74, 6) is 5.02. The third-order valence-electron chi connectivity index (χ3n) is 6.03. The molecule has 0 aromatic heterocycles. The van der Waals surface area contributed by atoms with Crippen LogP contribution in [0.2, 0.25) is 0 Å². The lowest BCUT2D eigenvalue weighted by Gasteiger charge is -2.05. The summed E-state index contributed by atoms with van der Waals surface area (Å²) in [4.78, 5) is 0. The van der Waals surface area contributed by atoms with E-state index in [9.17, 15) is 0 Å². The molecule has 0 amide bonds. The normalized spacial score (nSPS) is 11.4. The van der Waals surface area contributed by atoms with Crippen LogP contribution in [-0.2, 0) is 4.74 Å². The van der Waals surface area contributed by atoms with Gasteiger partial charge in [0.05, 0.1) is 13.2 Å². The van der Waals surface area contributed by atoms with Crippen LogP contribution in [-0.4, -0.2) is 36.2 Å². The van der Waals surface area contributed by atoms with Crippen molar-refractivity contribution in [2.24, 2.45) is 0 Å². The molecule has 0 aliphatic heterocycles. The summed E-state index contributed by atoms with van der Waals surface area (Å²) in [5.41, 5.74) is 0. The summed E-state index contributed by atoms with van der Waals surface area (Å²) in [5, 5.41) is 0. The largest absolute Gasteiger partial charge is 0.380 e. The third-order valence-corrected chi connectivity index (χ3v) is 8.09. The molecule has 0 spiro atoms. The van der Waals surface area contributed by atoms with Crippen LogP contribution in [0.25, 0.3) is 0 Å². The van der Waals surface area contributed by atoms with Crippen LogP contribution < -0.4 is 0 Å². The quantitative estimate of drug-likeness (QED) is 0.104. The van der Waals surface area contributed by atoms with Gasteiger partial charge in [0.15, 0.2) is 0 Å². The van der Waals surface area contributed by atoms with E-state index in [1.807, 2.05) is 0 Å². The highest BCUT2D eigenvalue weighted by atomic mass is 32.2. The molecular weight excluding hydrogens is 416 g/mol. The number of hydrogen-bond acceptors (Lipinski definition) is 3. The molecular formula is C28H58OS2. The van der Waals surface area contributed by atoms with Crippen molar-refractivity contribution in [1.29, 1.82) is 0 Å². The molecule has 0 aliphatic rings. The van der Waals surface area contributed by atoms with Crippen LogP contribution in [0, 0.1) is 0 Å². The molecule has 0 atom stereocenters. The lowest BCUT2D eigenvalue weighted by Crippen LogP contribution is -2.02. The van der Waals surface area contributed by atoms with Crippen molar-refractivity contribution in [2.45, 2.75) is 142 Å². The van der Waals surface area contributed by atoms with Gasteiger partial charge >= 0.3 is 0 Å². The molecule has 0 saturated heterocycles. The van der Waals surface area contributed by atoms with Crippen molar-refractivity contribution in [1.82, 2.24) is 0 Å². The van der Waals surface area contributed by atoms with Gasteiger partial charge in [-0.2, -0.15) is 23.5 Å². The van der Waals surface area contributed by atoms with Crippen LogP contribution in [0.1, 0.15) is 142 Å². The van der Waals surface area contributed by atoms with E-state index in [2.05, 4.69) is 37.4 Å². The number of rotatable bonds is 28. The van der Waals surface area contributed by atoms with Crippen molar-refractivity contribution in [3.8, 4) is 0 Å². The molecule has 0 unspecified atom stereocenters. The summed E-state index contributed by atoms with van der Waals surface area (Å²) in [6.07, 6.45) is 28.7. The maximum atomic E-state index is 5.79. The fourth-order valence-corrected chi connectivity index (χ4v) is 5.62. The number of thioether (sulfide) groups is 2. The SMILES string of the molecule is CCCCCCCCCCCCSCCOCCSCCCCCCCCCCCC. The maximum absolute atomic E-state index is 5.79. The molecule has 0 heterocycles. The molecule has 0 aliphatic carbocycles. The zero-order valence-corrected chi connectivity index (χ0v) is 23.2. The minimum Gasteiger partial charge on any atom is -0.380 e. The van der Waals surface area contributed by atoms with Crippen molar-refractivity contribution >= 4 is 23.5 Å². The fourth-order valence-electron chi connectivity index (χ4n) is 3.93. The van der Waals surface area contributed by atoms with Gasteiger partial charge in [-0.3, -0.25) is 0 Å². The van der Waals surface area contributed by atoms with E-state index in [1.54, 1.807) is 0 Å². The number of ether oxygens (including phenoxy) is 1. The molecule has 0 rings (SSSR count). The molecule has 31 heavy (non-hydrogen) atoms. The molecule has 0 N–H and O–H groups in total. The summed E-state index contributed by atoms with van der Waals surface area (Å²) >= 11 is 4.17. The number of unbranched alkanes of at least 4 members (excludes halogenated alkanes) is 18. The topological polar surface area (TPSA) is 9.23 Å². The van der Waals surface area contributed by atoms with Gasteiger partial charge in [-0.25, -0.2) is 0 Å². The molecule has 0 bridgehead atoms. The highest BCUT2D eigenvalue weighted by molar-refractivity contribution is 7.99. The Balaban J connectivity index is 2.98. The highest BCUT2D eigenvalue weighted by Gasteiger charge is 1.96. The van der Waals surface area contributed by atoms with Crippen LogP contribution >= 0.6 is 23.5 Å². The maximum Gasteiger partial charge on any atom is 0.0557 e. The van der Waals surface area contributed by atoms with Gasteiger partial charge in [0.1, 0.15) is 0 Å². The van der Waals surface area contributed by atoms with E-state index in [0.717, 1.165) is 13.2 Å². The van der Waals surface area contributed by atoms with E-state index in [0.29, 0.717) is 0 Å². The van der Waals surface area contributed by atoms with E-state index in [-0.39, 0.29) is 0 Å². The predicted octanol–water partition coefficient (Wildman–Crippen LogP) is 10.3. The first-order valence-corrected chi connectivity index (χ1v) is 16.5. The number of hydrogen-bond donors (Lipinski definition) is 0. The Morgan fingerprint density at radius 3 is 0.968 bits per heavy atom. The van der Waals surface area contributed by atoms with E-state index < -0.39 is 0 Å². The Labute approximate surface area is 206 Å². The van der Waals surface area contributed by atoms with Crippen molar-refractivity contribution in [3.05, 3.63) is 0 Å². The molecule has 1 nitrogen and oxygen atoms in total. The van der Waals surface area contributed by atoms with Gasteiger partial charge in [0.25, 0.3) is 0 Å². The summed E-state index contributed by atoms with van der Waals surface area (Å²) in [6.45, 7) is 6.48. The summed E-state index contributed by atoms with van der Waals surface area (Å²) in [6, 6.07) is 0. The summed E-state index contributed by atoms with van der Waals surface area (Å²) in [7, 11) is 0. The van der Waals surface area contributed by atoms with Gasteiger partial charge in [-0.15, -0.1) is 0 Å². The van der Waals surface area contributed by atoms with Crippen molar-refractivity contribution < 1.29 is 4.74 Å². The van der Waals surface area contributed by atoms with Gasteiger partial charge in [-0.1, -0.05) is 129 Å². The first-order chi connectivity index (χ1) is 15.4. The van der Waals surface area contributed by atoms with Crippen LogP contribution in [0.4, 0.5) is 0 Å². The molecule has 0 saturated carbocycles. The standard InChI is InChI=1S/C28H58OS2/c1-3-5-7-9-11-13-15-17-19-21-25-30-27-23-29-24-28-31-26-22-20-18-16-14-12-10-8-6-4-2/h3-28H2,1-2H3. The second kappa shape index (κ2) is 30.7. The minimum atomic E-state index is 0.946. The average Bonchev–Trinajstić information content (AvgIpc) is 2.78. The zero-order valence-electron chi connectivity index (χ0n) is 21.6. The highest BCUT2D eigenvalue weighted by Crippen LogP contribution is 2.14. The van der Waals surface area contributed by atoms with Crippen molar-refractivity contribution in [3.63, 3.8) is 0 Å². The molecule has 0 fully saturated rings. The second-order valence-electron chi connectivity index (χ2n) is 9.20. The molecule has 0 aromatic carbocycles. The van der Waals surface area contributed by atoms with E-state index in [4.69, 9.17) is 4.74 Å². The monoisotopic (exact) mass is 474 g/mol. The second-order valence-corrected chi connectivity index (χ2v) is 11.7. The smallest absolute Gasteiger partial charge is 0.0557 e. The third kappa shape index (κ3) is 30.7. The fraction of sp³-hybridized carbons (Fsp3) is 1.00. The van der Waals surface area contributed by atoms with Gasteiger partial charge in [0.2, 0.25) is 0 Å². The van der Waals surface area contributed by atoms with Gasteiger partial charge in [-0.05, 0) is 24.3 Å². The lowest BCUT2D eigenvalue weighted by atomic mass is 10.1. The van der Waals surface area contributed by atoms with Crippen LogP contribution in [0.5, 0.6) is 0 Å². The first kappa shape index (κ1) is 31.7. The molecule has 0 radical (unpaired) electrons. The Hall–Kier alpha value is 0.660. The molecule has 0 aromatic rings. The first-order valence-electron chi connectivity index (χ1n) is 14.1. The van der Waals surface area contributed by atoms with Crippen LogP contribution in [0.15, 0.2) is 0 Å². The Morgan fingerprint density at radius 2 is 0.645 bits per heavy atom. The lowest BCUT2D eigenvalue weighted by molar-refractivity contribution is 0.167. The zero-order chi connectivity index (χ0) is 22.5. The van der Waals surface area contributed by atoms with E-state index in [1.165, 1.54) is 151 Å². The summed E-state index contributed by atoms with van der Waals surface area (Å²) < 4.78 is 5.79. The molecule has 3 heteroatoms. The van der Waals surface area contributed by atoms with E-state index >= 15 is 0 Å². The van der Waals surface area contributed by atoms with Gasteiger partial charge < -0.3 is 4.74 Å². The van der Waals surface area contributed by atoms with Crippen LogP contribution in [0.3, 0.4) is 0 Å². The Kier molecular flexibility index (Phi) is 31.3. The van der Waals surface area contributed by atoms with Gasteiger partial charge in [0, 0.05) is 11.5 Å². The average molecular weight is 475 g/mol. The Morgan fingerprint density at radius 1 is 0.355 bits per heavy atom. The molecule has 188 valence electrons. The van der Waals surface area contributed by atoms with Crippen molar-refractivity contribution in [2.75, 3.05) is 36.2 Å². The predicted molar refractivity (Wildman–Crippen MR) is 149 cm³/mol. The minimum absolute atomic E-state index is 0.946.